The first-order chi connectivity index (χ1) is 9.33. The largest absolute Gasteiger partial charge is 0.347 e. The first kappa shape index (κ1) is 12.9. The first-order valence-corrected chi connectivity index (χ1v) is 7.99. The summed E-state index contributed by atoms with van der Waals surface area (Å²) in [6.07, 6.45) is 4.93. The maximum Gasteiger partial charge on any atom is 0.273 e. The Hall–Kier alpha value is -1.08. The number of thioether (sulfide) groups is 1. The lowest BCUT2D eigenvalue weighted by molar-refractivity contribution is 0.0936. The molecule has 3 rings (SSSR count). The van der Waals surface area contributed by atoms with E-state index in [1.165, 1.54) is 0 Å². The van der Waals surface area contributed by atoms with Crippen LogP contribution in [0.3, 0.4) is 0 Å². The minimum absolute atomic E-state index is 0.0901. The van der Waals surface area contributed by atoms with Crippen LogP contribution in [-0.2, 0) is 0 Å². The molecule has 0 aromatic carbocycles. The molecule has 6 nitrogen and oxygen atoms in total. The van der Waals surface area contributed by atoms with Crippen molar-refractivity contribution in [3.05, 3.63) is 11.9 Å². The molecule has 2 aliphatic rings. The molecule has 3 heterocycles. The Balaban J connectivity index is 1.61. The molecule has 0 radical (unpaired) electrons. The molecule has 0 saturated carbocycles. The minimum Gasteiger partial charge on any atom is -0.347 e. The maximum atomic E-state index is 12.0. The summed E-state index contributed by atoms with van der Waals surface area (Å²) in [5.41, 5.74) is 0.440. The van der Waals surface area contributed by atoms with E-state index in [0.717, 1.165) is 43.9 Å². The molecule has 104 valence electrons. The maximum absolute atomic E-state index is 12.0. The number of nitrogens with zero attached hydrogens (tertiary/aromatic N) is 3. The second-order valence-corrected chi connectivity index (χ2v) is 6.25. The van der Waals surface area contributed by atoms with Gasteiger partial charge in [-0.1, -0.05) is 5.21 Å². The highest BCUT2D eigenvalue weighted by Crippen LogP contribution is 2.18. The average molecular weight is 281 g/mol. The van der Waals surface area contributed by atoms with Crippen molar-refractivity contribution in [2.24, 2.45) is 0 Å². The van der Waals surface area contributed by atoms with E-state index >= 15 is 0 Å². The summed E-state index contributed by atoms with van der Waals surface area (Å²) in [5, 5.41) is 14.5. The molecule has 1 aromatic rings. The zero-order valence-electron chi connectivity index (χ0n) is 10.8. The van der Waals surface area contributed by atoms with Crippen LogP contribution in [0.5, 0.6) is 0 Å². The second-order valence-electron chi connectivity index (χ2n) is 5.10. The van der Waals surface area contributed by atoms with Crippen molar-refractivity contribution < 1.29 is 4.79 Å². The number of carbonyl (C=O) groups is 1. The fourth-order valence-electron chi connectivity index (χ4n) is 2.54. The standard InChI is InChI=1S/C12H19N5OS/c18-12(14-9-3-6-19-8-9)11-7-17(16-15-11)10-1-4-13-5-2-10/h7,9-10,13H,1-6,8H2,(H,14,18). The summed E-state index contributed by atoms with van der Waals surface area (Å²) in [6.45, 7) is 2.01. The van der Waals surface area contributed by atoms with Crippen molar-refractivity contribution >= 4 is 17.7 Å². The topological polar surface area (TPSA) is 71.8 Å². The molecule has 1 unspecified atom stereocenters. The summed E-state index contributed by atoms with van der Waals surface area (Å²) in [6, 6.07) is 0.666. The van der Waals surface area contributed by atoms with E-state index in [2.05, 4.69) is 20.9 Å². The predicted octanol–water partition coefficient (Wildman–Crippen LogP) is 0.438. The zero-order chi connectivity index (χ0) is 13.1. The van der Waals surface area contributed by atoms with Gasteiger partial charge >= 0.3 is 0 Å². The van der Waals surface area contributed by atoms with Crippen molar-refractivity contribution in [3.8, 4) is 0 Å². The van der Waals surface area contributed by atoms with E-state index in [1.807, 2.05) is 16.4 Å². The number of nitrogens with one attached hydrogen (secondary N) is 2. The van der Waals surface area contributed by atoms with Gasteiger partial charge < -0.3 is 10.6 Å². The smallest absolute Gasteiger partial charge is 0.273 e. The van der Waals surface area contributed by atoms with Gasteiger partial charge in [0.2, 0.25) is 0 Å². The number of hydrogen-bond donors (Lipinski definition) is 2. The molecule has 2 saturated heterocycles. The predicted molar refractivity (Wildman–Crippen MR) is 74.4 cm³/mol. The molecule has 0 spiro atoms. The molecule has 1 atom stereocenters. The van der Waals surface area contributed by atoms with Crippen LogP contribution in [0.4, 0.5) is 0 Å². The van der Waals surface area contributed by atoms with Gasteiger partial charge in [0.15, 0.2) is 5.69 Å². The van der Waals surface area contributed by atoms with Crippen LogP contribution in [0.15, 0.2) is 6.20 Å². The average Bonchev–Trinajstić information content (AvgIpc) is 3.10. The van der Waals surface area contributed by atoms with E-state index in [0.29, 0.717) is 17.8 Å². The molecule has 19 heavy (non-hydrogen) atoms. The number of rotatable bonds is 3. The molecule has 0 aliphatic carbocycles. The minimum atomic E-state index is -0.0901. The van der Waals surface area contributed by atoms with Gasteiger partial charge in [0, 0.05) is 11.8 Å². The molecule has 1 amide bonds. The third kappa shape index (κ3) is 3.09. The molecular formula is C12H19N5OS. The zero-order valence-corrected chi connectivity index (χ0v) is 11.7. The number of aromatic nitrogens is 3. The van der Waals surface area contributed by atoms with Crippen molar-refractivity contribution in [3.63, 3.8) is 0 Å². The van der Waals surface area contributed by atoms with E-state index < -0.39 is 0 Å². The van der Waals surface area contributed by atoms with E-state index in [4.69, 9.17) is 0 Å². The van der Waals surface area contributed by atoms with Crippen molar-refractivity contribution in [1.29, 1.82) is 0 Å². The Kier molecular flexibility index (Phi) is 4.03. The first-order valence-electron chi connectivity index (χ1n) is 6.84. The molecular weight excluding hydrogens is 262 g/mol. The van der Waals surface area contributed by atoms with Gasteiger partial charge in [-0.3, -0.25) is 4.79 Å². The Morgan fingerprint density at radius 2 is 2.26 bits per heavy atom. The summed E-state index contributed by atoms with van der Waals surface area (Å²) in [7, 11) is 0. The highest BCUT2D eigenvalue weighted by molar-refractivity contribution is 7.99. The van der Waals surface area contributed by atoms with Gasteiger partial charge in [-0.05, 0) is 38.1 Å². The van der Waals surface area contributed by atoms with Crippen molar-refractivity contribution in [2.45, 2.75) is 31.3 Å². The highest BCUT2D eigenvalue weighted by Gasteiger charge is 2.22. The fourth-order valence-corrected chi connectivity index (χ4v) is 3.69. The normalized spacial score (nSPS) is 24.5. The van der Waals surface area contributed by atoms with Gasteiger partial charge in [-0.2, -0.15) is 11.8 Å². The summed E-state index contributed by atoms with van der Waals surface area (Å²) >= 11 is 1.88. The number of piperidine rings is 1. The summed E-state index contributed by atoms with van der Waals surface area (Å²) in [5.74, 6) is 2.05. The van der Waals surface area contributed by atoms with Gasteiger partial charge in [-0.15, -0.1) is 5.10 Å². The third-order valence-corrected chi connectivity index (χ3v) is 4.85. The number of amides is 1. The molecule has 2 N–H and O–H groups in total. The SMILES string of the molecule is O=C(NC1CCSC1)c1cn(C2CCNCC2)nn1. The Bertz CT molecular complexity index is 437. The van der Waals surface area contributed by atoms with Gasteiger partial charge in [-0.25, -0.2) is 4.68 Å². The summed E-state index contributed by atoms with van der Waals surface area (Å²) in [4.78, 5) is 12.0. The molecule has 0 bridgehead atoms. The van der Waals surface area contributed by atoms with Gasteiger partial charge in [0.25, 0.3) is 5.91 Å². The monoisotopic (exact) mass is 281 g/mol. The quantitative estimate of drug-likeness (QED) is 0.841. The molecule has 2 fully saturated rings. The van der Waals surface area contributed by atoms with Gasteiger partial charge in [0.1, 0.15) is 0 Å². The van der Waals surface area contributed by atoms with Crippen LogP contribution in [0.2, 0.25) is 0 Å². The van der Waals surface area contributed by atoms with Crippen LogP contribution in [0, 0.1) is 0 Å². The Morgan fingerprint density at radius 1 is 1.42 bits per heavy atom. The number of hydrogen-bond acceptors (Lipinski definition) is 5. The van der Waals surface area contributed by atoms with Crippen LogP contribution in [-0.4, -0.2) is 51.5 Å². The fraction of sp³-hybridized carbons (Fsp3) is 0.750. The van der Waals surface area contributed by atoms with E-state index in [-0.39, 0.29) is 5.91 Å². The molecule has 1 aromatic heterocycles. The Labute approximate surface area is 116 Å². The lowest BCUT2D eigenvalue weighted by Crippen LogP contribution is -2.34. The van der Waals surface area contributed by atoms with Crippen LogP contribution < -0.4 is 10.6 Å². The molecule has 7 heteroatoms. The number of carbonyl (C=O) groups excluding carboxylic acids is 1. The highest BCUT2D eigenvalue weighted by atomic mass is 32.2. The second kappa shape index (κ2) is 5.92. The Morgan fingerprint density at radius 3 is 3.00 bits per heavy atom. The lowest BCUT2D eigenvalue weighted by atomic mass is 10.1. The van der Waals surface area contributed by atoms with Crippen LogP contribution in [0.1, 0.15) is 35.8 Å². The van der Waals surface area contributed by atoms with Gasteiger partial charge in [0.05, 0.1) is 12.2 Å². The van der Waals surface area contributed by atoms with Crippen LogP contribution in [0.25, 0.3) is 0 Å². The third-order valence-electron chi connectivity index (χ3n) is 3.69. The van der Waals surface area contributed by atoms with Crippen molar-refractivity contribution in [1.82, 2.24) is 25.6 Å². The van der Waals surface area contributed by atoms with E-state index in [1.54, 1.807) is 6.20 Å². The van der Waals surface area contributed by atoms with Crippen molar-refractivity contribution in [2.75, 3.05) is 24.6 Å². The van der Waals surface area contributed by atoms with Crippen LogP contribution >= 0.6 is 11.8 Å². The van der Waals surface area contributed by atoms with E-state index in [9.17, 15) is 4.79 Å². The summed E-state index contributed by atoms with van der Waals surface area (Å²) < 4.78 is 1.85. The molecule has 2 aliphatic heterocycles. The lowest BCUT2D eigenvalue weighted by Gasteiger charge is -2.22.